The fourth-order valence-electron chi connectivity index (χ4n) is 2.52. The minimum absolute atomic E-state index is 0. The molecule has 24 heavy (non-hydrogen) atoms. The molecule has 8 heteroatoms. The van der Waals surface area contributed by atoms with Crippen molar-refractivity contribution in [3.8, 4) is 0 Å². The Labute approximate surface area is 150 Å². The van der Waals surface area contributed by atoms with Gasteiger partial charge in [0, 0.05) is 31.7 Å². The number of hydrogen-bond acceptors (Lipinski definition) is 4. The van der Waals surface area contributed by atoms with Gasteiger partial charge in [-0.1, -0.05) is 6.92 Å². The minimum atomic E-state index is -3.42. The molecule has 0 saturated carbocycles. The van der Waals surface area contributed by atoms with E-state index in [1.165, 1.54) is 16.4 Å². The van der Waals surface area contributed by atoms with Gasteiger partial charge in [0.05, 0.1) is 4.90 Å². The van der Waals surface area contributed by atoms with Gasteiger partial charge in [0.2, 0.25) is 10.0 Å². The van der Waals surface area contributed by atoms with Gasteiger partial charge < -0.3 is 10.6 Å². The third-order valence-corrected chi connectivity index (χ3v) is 5.75. The van der Waals surface area contributed by atoms with E-state index in [-0.39, 0.29) is 23.2 Å². The van der Waals surface area contributed by atoms with E-state index in [0.717, 1.165) is 32.4 Å². The molecule has 0 radical (unpaired) electrons. The molecule has 1 amide bonds. The first-order valence-corrected chi connectivity index (χ1v) is 9.59. The molecule has 1 aromatic carbocycles. The van der Waals surface area contributed by atoms with Gasteiger partial charge in [0.1, 0.15) is 0 Å². The van der Waals surface area contributed by atoms with Crippen LogP contribution in [0.15, 0.2) is 29.2 Å². The first-order valence-electron chi connectivity index (χ1n) is 8.15. The molecule has 136 valence electrons. The van der Waals surface area contributed by atoms with Crippen LogP contribution in [0.2, 0.25) is 0 Å². The van der Waals surface area contributed by atoms with Gasteiger partial charge in [-0.25, -0.2) is 8.42 Å². The summed E-state index contributed by atoms with van der Waals surface area (Å²) in [5, 5.41) is 6.01. The van der Waals surface area contributed by atoms with Crippen LogP contribution in [0, 0.1) is 0 Å². The predicted molar refractivity (Wildman–Crippen MR) is 97.2 cm³/mol. The summed E-state index contributed by atoms with van der Waals surface area (Å²) < 4.78 is 26.3. The second kappa shape index (κ2) is 9.98. The second-order valence-electron chi connectivity index (χ2n) is 5.64. The van der Waals surface area contributed by atoms with Gasteiger partial charge >= 0.3 is 0 Å². The number of hydrogen-bond donors (Lipinski definition) is 2. The number of nitrogens with zero attached hydrogens (tertiary/aromatic N) is 1. The van der Waals surface area contributed by atoms with Crippen molar-refractivity contribution in [1.29, 1.82) is 0 Å². The topological polar surface area (TPSA) is 78.5 Å². The molecule has 1 heterocycles. The molecule has 0 spiro atoms. The number of amides is 1. The van der Waals surface area contributed by atoms with E-state index in [2.05, 4.69) is 17.6 Å². The molecule has 0 bridgehead atoms. The highest BCUT2D eigenvalue weighted by atomic mass is 35.5. The van der Waals surface area contributed by atoms with Crippen molar-refractivity contribution in [2.75, 3.05) is 32.7 Å². The van der Waals surface area contributed by atoms with Gasteiger partial charge in [-0.15, -0.1) is 12.4 Å². The van der Waals surface area contributed by atoms with Gasteiger partial charge in [-0.2, -0.15) is 4.31 Å². The van der Waals surface area contributed by atoms with Crippen LogP contribution in [-0.2, 0) is 10.0 Å². The number of sulfonamides is 1. The predicted octanol–water partition coefficient (Wildman–Crippen LogP) is 1.62. The Morgan fingerprint density at radius 3 is 2.29 bits per heavy atom. The lowest BCUT2D eigenvalue weighted by Crippen LogP contribution is -2.32. The summed E-state index contributed by atoms with van der Waals surface area (Å²) in [6, 6.07) is 6.16. The Morgan fingerprint density at radius 2 is 1.71 bits per heavy atom. The quantitative estimate of drug-likeness (QED) is 0.677. The minimum Gasteiger partial charge on any atom is -0.351 e. The maximum Gasteiger partial charge on any atom is 0.251 e. The molecule has 1 aliphatic heterocycles. The van der Waals surface area contributed by atoms with E-state index in [0.29, 0.717) is 25.2 Å². The maximum absolute atomic E-state index is 12.4. The normalized spacial score (nSPS) is 15.0. The SMILES string of the molecule is CCCNCCNC(=O)c1ccc(S(=O)(=O)N2CCCC2)cc1.Cl. The maximum atomic E-state index is 12.4. The van der Waals surface area contributed by atoms with Crippen LogP contribution in [0.25, 0.3) is 0 Å². The third-order valence-electron chi connectivity index (χ3n) is 3.83. The molecule has 6 nitrogen and oxygen atoms in total. The molecule has 1 fully saturated rings. The highest BCUT2D eigenvalue weighted by molar-refractivity contribution is 7.89. The molecule has 1 saturated heterocycles. The summed E-state index contributed by atoms with van der Waals surface area (Å²) >= 11 is 0. The van der Waals surface area contributed by atoms with Crippen molar-refractivity contribution in [2.24, 2.45) is 0 Å². The lowest BCUT2D eigenvalue weighted by Gasteiger charge is -2.15. The van der Waals surface area contributed by atoms with Crippen molar-refractivity contribution in [3.05, 3.63) is 29.8 Å². The summed E-state index contributed by atoms with van der Waals surface area (Å²) in [4.78, 5) is 12.2. The molecular weight excluding hydrogens is 350 g/mol. The van der Waals surface area contributed by atoms with Crippen LogP contribution in [-0.4, -0.2) is 51.4 Å². The molecule has 2 rings (SSSR count). The van der Waals surface area contributed by atoms with Crippen molar-refractivity contribution < 1.29 is 13.2 Å². The first-order chi connectivity index (χ1) is 11.1. The number of nitrogens with one attached hydrogen (secondary N) is 2. The number of carbonyl (C=O) groups is 1. The number of halogens is 1. The monoisotopic (exact) mass is 375 g/mol. The average molecular weight is 376 g/mol. The molecule has 0 aliphatic carbocycles. The van der Waals surface area contributed by atoms with Crippen LogP contribution in [0.1, 0.15) is 36.5 Å². The van der Waals surface area contributed by atoms with Gasteiger partial charge in [0.15, 0.2) is 0 Å². The molecule has 0 unspecified atom stereocenters. The first kappa shape index (κ1) is 20.9. The van der Waals surface area contributed by atoms with E-state index >= 15 is 0 Å². The zero-order valence-electron chi connectivity index (χ0n) is 14.0. The van der Waals surface area contributed by atoms with E-state index in [1.54, 1.807) is 12.1 Å². The highest BCUT2D eigenvalue weighted by Crippen LogP contribution is 2.20. The lowest BCUT2D eigenvalue weighted by molar-refractivity contribution is 0.0954. The third kappa shape index (κ3) is 5.44. The molecule has 1 aromatic rings. The second-order valence-corrected chi connectivity index (χ2v) is 7.58. The Bertz CT molecular complexity index is 614. The zero-order valence-corrected chi connectivity index (χ0v) is 15.6. The van der Waals surface area contributed by atoms with E-state index < -0.39 is 10.0 Å². The van der Waals surface area contributed by atoms with Gasteiger partial charge in [-0.05, 0) is 50.1 Å². The largest absolute Gasteiger partial charge is 0.351 e. The van der Waals surface area contributed by atoms with Crippen LogP contribution >= 0.6 is 12.4 Å². The van der Waals surface area contributed by atoms with Gasteiger partial charge in [-0.3, -0.25) is 4.79 Å². The lowest BCUT2D eigenvalue weighted by atomic mass is 10.2. The molecular formula is C16H26ClN3O3S. The molecule has 0 aromatic heterocycles. The van der Waals surface area contributed by atoms with Crippen molar-refractivity contribution in [3.63, 3.8) is 0 Å². The Hall–Kier alpha value is -1.15. The van der Waals surface area contributed by atoms with Crippen molar-refractivity contribution in [2.45, 2.75) is 31.1 Å². The summed E-state index contributed by atoms with van der Waals surface area (Å²) in [6.45, 7) is 5.45. The fraction of sp³-hybridized carbons (Fsp3) is 0.562. The van der Waals surface area contributed by atoms with Crippen LogP contribution in [0.3, 0.4) is 0 Å². The summed E-state index contributed by atoms with van der Waals surface area (Å²) in [5.41, 5.74) is 0.473. The van der Waals surface area contributed by atoms with Crippen molar-refractivity contribution >= 4 is 28.3 Å². The number of benzene rings is 1. The Kier molecular flexibility index (Phi) is 8.69. The Balaban J connectivity index is 0.00000288. The smallest absolute Gasteiger partial charge is 0.251 e. The van der Waals surface area contributed by atoms with E-state index in [1.807, 2.05) is 0 Å². The molecule has 2 N–H and O–H groups in total. The van der Waals surface area contributed by atoms with E-state index in [4.69, 9.17) is 0 Å². The van der Waals surface area contributed by atoms with Crippen LogP contribution in [0.4, 0.5) is 0 Å². The van der Waals surface area contributed by atoms with E-state index in [9.17, 15) is 13.2 Å². The summed E-state index contributed by atoms with van der Waals surface area (Å²) in [7, 11) is -3.42. The van der Waals surface area contributed by atoms with Gasteiger partial charge in [0.25, 0.3) is 5.91 Å². The highest BCUT2D eigenvalue weighted by Gasteiger charge is 2.27. The average Bonchev–Trinajstić information content (AvgIpc) is 3.10. The summed E-state index contributed by atoms with van der Waals surface area (Å²) in [5.74, 6) is -0.187. The molecule has 0 atom stereocenters. The molecule has 1 aliphatic rings. The van der Waals surface area contributed by atoms with Crippen LogP contribution in [0.5, 0.6) is 0 Å². The standard InChI is InChI=1S/C16H25N3O3S.ClH/c1-2-9-17-10-11-18-16(20)14-5-7-15(8-6-14)23(21,22)19-12-3-4-13-19;/h5-8,17H,2-4,9-13H2,1H3,(H,18,20);1H. The summed E-state index contributed by atoms with van der Waals surface area (Å²) in [6.07, 6.45) is 2.87. The number of rotatable bonds is 8. The van der Waals surface area contributed by atoms with Crippen molar-refractivity contribution in [1.82, 2.24) is 14.9 Å². The zero-order chi connectivity index (χ0) is 16.7. The van der Waals surface area contributed by atoms with Crippen LogP contribution < -0.4 is 10.6 Å². The number of carbonyl (C=O) groups excluding carboxylic acids is 1. The fourth-order valence-corrected chi connectivity index (χ4v) is 4.04. The Morgan fingerprint density at radius 1 is 1.08 bits per heavy atom.